The van der Waals surface area contributed by atoms with E-state index in [-0.39, 0.29) is 12.6 Å². The van der Waals surface area contributed by atoms with E-state index in [1.807, 2.05) is 0 Å². The standard InChI is InChI=1S/C14H18F4N2/c1-19-13(11-4-2-3-5-12(11)15)8-20(10-6-7-10)9-14(16,17)18/h2-5,10,13,19H,6-9H2,1H3. The maximum Gasteiger partial charge on any atom is 0.401 e. The zero-order valence-corrected chi connectivity index (χ0v) is 11.3. The van der Waals surface area contributed by atoms with Crippen molar-refractivity contribution in [1.29, 1.82) is 0 Å². The topological polar surface area (TPSA) is 15.3 Å². The summed E-state index contributed by atoms with van der Waals surface area (Å²) in [6.07, 6.45) is -2.66. The lowest BCUT2D eigenvalue weighted by atomic mass is 10.1. The van der Waals surface area contributed by atoms with E-state index < -0.39 is 24.6 Å². The zero-order chi connectivity index (χ0) is 14.8. The van der Waals surface area contributed by atoms with Crippen LogP contribution in [0, 0.1) is 5.82 Å². The van der Waals surface area contributed by atoms with Crippen LogP contribution in [0.2, 0.25) is 0 Å². The Kier molecular flexibility index (Phi) is 4.65. The Balaban J connectivity index is 2.09. The highest BCUT2D eigenvalue weighted by Gasteiger charge is 2.39. The fourth-order valence-electron chi connectivity index (χ4n) is 2.35. The molecule has 0 saturated heterocycles. The van der Waals surface area contributed by atoms with Gasteiger partial charge in [0.15, 0.2) is 0 Å². The molecular weight excluding hydrogens is 272 g/mol. The van der Waals surface area contributed by atoms with Gasteiger partial charge in [-0.15, -0.1) is 0 Å². The molecule has 1 aromatic rings. The minimum atomic E-state index is -4.23. The molecule has 1 aromatic carbocycles. The molecule has 1 N–H and O–H groups in total. The largest absolute Gasteiger partial charge is 0.401 e. The third-order valence-corrected chi connectivity index (χ3v) is 3.49. The van der Waals surface area contributed by atoms with Crippen molar-refractivity contribution in [2.45, 2.75) is 31.1 Å². The van der Waals surface area contributed by atoms with Gasteiger partial charge in [-0.2, -0.15) is 13.2 Å². The van der Waals surface area contributed by atoms with Crippen molar-refractivity contribution in [3.8, 4) is 0 Å². The van der Waals surface area contributed by atoms with Gasteiger partial charge in [0.2, 0.25) is 0 Å². The van der Waals surface area contributed by atoms with E-state index in [0.717, 1.165) is 12.8 Å². The molecule has 1 aliphatic rings. The Labute approximate surface area is 115 Å². The van der Waals surface area contributed by atoms with Gasteiger partial charge in [0.1, 0.15) is 5.82 Å². The van der Waals surface area contributed by atoms with Crippen molar-refractivity contribution in [2.24, 2.45) is 0 Å². The summed E-state index contributed by atoms with van der Waals surface area (Å²) in [5.41, 5.74) is 0.405. The third kappa shape index (κ3) is 4.18. The van der Waals surface area contributed by atoms with Gasteiger partial charge in [0.25, 0.3) is 0 Å². The fraction of sp³-hybridized carbons (Fsp3) is 0.571. The molecule has 6 heteroatoms. The first-order chi connectivity index (χ1) is 9.40. The third-order valence-electron chi connectivity index (χ3n) is 3.49. The molecule has 0 heterocycles. The fourth-order valence-corrected chi connectivity index (χ4v) is 2.35. The second kappa shape index (κ2) is 6.10. The lowest BCUT2D eigenvalue weighted by Gasteiger charge is -2.28. The van der Waals surface area contributed by atoms with Gasteiger partial charge in [-0.05, 0) is 26.0 Å². The minimum Gasteiger partial charge on any atom is -0.312 e. The smallest absolute Gasteiger partial charge is 0.312 e. The van der Waals surface area contributed by atoms with E-state index in [4.69, 9.17) is 0 Å². The van der Waals surface area contributed by atoms with Gasteiger partial charge in [0.05, 0.1) is 6.54 Å². The molecule has 0 radical (unpaired) electrons. The number of hydrogen-bond acceptors (Lipinski definition) is 2. The SMILES string of the molecule is CNC(CN(CC(F)(F)F)C1CC1)c1ccccc1F. The second-order valence-electron chi connectivity index (χ2n) is 5.14. The lowest BCUT2D eigenvalue weighted by molar-refractivity contribution is -0.147. The highest BCUT2D eigenvalue weighted by atomic mass is 19.4. The molecule has 1 saturated carbocycles. The average Bonchev–Trinajstić information content (AvgIpc) is 3.18. The molecule has 1 unspecified atom stereocenters. The van der Waals surface area contributed by atoms with E-state index in [0.29, 0.717) is 5.56 Å². The number of benzene rings is 1. The van der Waals surface area contributed by atoms with Crippen molar-refractivity contribution in [2.75, 3.05) is 20.1 Å². The predicted molar refractivity (Wildman–Crippen MR) is 68.9 cm³/mol. The first kappa shape index (κ1) is 15.3. The summed E-state index contributed by atoms with van der Waals surface area (Å²) >= 11 is 0. The zero-order valence-electron chi connectivity index (χ0n) is 11.3. The van der Waals surface area contributed by atoms with Crippen LogP contribution in [0.5, 0.6) is 0 Å². The number of halogens is 4. The molecule has 0 aromatic heterocycles. The van der Waals surface area contributed by atoms with E-state index in [1.54, 1.807) is 25.2 Å². The number of nitrogens with one attached hydrogen (secondary N) is 1. The van der Waals surface area contributed by atoms with Crippen LogP contribution < -0.4 is 5.32 Å². The number of nitrogens with zero attached hydrogens (tertiary/aromatic N) is 1. The predicted octanol–water partition coefficient (Wildman–Crippen LogP) is 3.11. The summed E-state index contributed by atoms with van der Waals surface area (Å²) in [4.78, 5) is 1.40. The lowest BCUT2D eigenvalue weighted by Crippen LogP contribution is -2.41. The van der Waals surface area contributed by atoms with E-state index in [2.05, 4.69) is 5.32 Å². The van der Waals surface area contributed by atoms with Crippen LogP contribution in [0.3, 0.4) is 0 Å². The monoisotopic (exact) mass is 290 g/mol. The summed E-state index contributed by atoms with van der Waals surface area (Å²) in [6, 6.07) is 5.71. The molecule has 112 valence electrons. The highest BCUT2D eigenvalue weighted by Crippen LogP contribution is 2.32. The minimum absolute atomic E-state index is 0.0285. The molecule has 0 spiro atoms. The molecule has 1 fully saturated rings. The Morgan fingerprint density at radius 2 is 1.95 bits per heavy atom. The van der Waals surface area contributed by atoms with Crippen LogP contribution >= 0.6 is 0 Å². The van der Waals surface area contributed by atoms with Crippen LogP contribution in [0.15, 0.2) is 24.3 Å². The summed E-state index contributed by atoms with van der Waals surface area (Å²) < 4.78 is 51.5. The van der Waals surface area contributed by atoms with Gasteiger partial charge in [-0.3, -0.25) is 4.90 Å². The normalized spacial score (nSPS) is 17.5. The molecule has 1 aliphatic carbocycles. The summed E-state index contributed by atoms with van der Waals surface area (Å²) in [6.45, 7) is -0.786. The Hall–Kier alpha value is -1.14. The summed E-state index contributed by atoms with van der Waals surface area (Å²) in [5, 5.41) is 2.91. The van der Waals surface area contributed by atoms with Gasteiger partial charge in [-0.1, -0.05) is 18.2 Å². The van der Waals surface area contributed by atoms with Crippen LogP contribution in [0.4, 0.5) is 17.6 Å². The van der Waals surface area contributed by atoms with Crippen LogP contribution in [0.1, 0.15) is 24.4 Å². The molecule has 0 amide bonds. The number of hydrogen-bond donors (Lipinski definition) is 1. The maximum absolute atomic E-state index is 13.8. The number of likely N-dealkylation sites (N-methyl/N-ethyl adjacent to an activating group) is 1. The van der Waals surface area contributed by atoms with Crippen LogP contribution in [0.25, 0.3) is 0 Å². The highest BCUT2D eigenvalue weighted by molar-refractivity contribution is 5.21. The van der Waals surface area contributed by atoms with Gasteiger partial charge in [0, 0.05) is 24.2 Å². The van der Waals surface area contributed by atoms with E-state index in [9.17, 15) is 17.6 Å². The number of alkyl halides is 3. The van der Waals surface area contributed by atoms with Crippen molar-refractivity contribution < 1.29 is 17.6 Å². The molecular formula is C14H18F4N2. The Morgan fingerprint density at radius 3 is 2.45 bits per heavy atom. The molecule has 0 aliphatic heterocycles. The number of rotatable bonds is 6. The van der Waals surface area contributed by atoms with Crippen LogP contribution in [-0.4, -0.2) is 37.3 Å². The molecule has 0 bridgehead atoms. The average molecular weight is 290 g/mol. The quantitative estimate of drug-likeness (QED) is 0.810. The second-order valence-corrected chi connectivity index (χ2v) is 5.14. The van der Waals surface area contributed by atoms with E-state index >= 15 is 0 Å². The van der Waals surface area contributed by atoms with Crippen LogP contribution in [-0.2, 0) is 0 Å². The molecule has 2 nitrogen and oxygen atoms in total. The van der Waals surface area contributed by atoms with Gasteiger partial charge in [-0.25, -0.2) is 4.39 Å². The first-order valence-electron chi connectivity index (χ1n) is 6.63. The first-order valence-corrected chi connectivity index (χ1v) is 6.63. The summed E-state index contributed by atoms with van der Waals surface area (Å²) in [5.74, 6) is -0.394. The van der Waals surface area contributed by atoms with Gasteiger partial charge >= 0.3 is 6.18 Å². The Bertz CT molecular complexity index is 443. The summed E-state index contributed by atoms with van der Waals surface area (Å²) in [7, 11) is 1.63. The van der Waals surface area contributed by atoms with Crippen molar-refractivity contribution in [3.05, 3.63) is 35.6 Å². The molecule has 20 heavy (non-hydrogen) atoms. The molecule has 2 rings (SSSR count). The van der Waals surface area contributed by atoms with E-state index in [1.165, 1.54) is 11.0 Å². The van der Waals surface area contributed by atoms with Crippen molar-refractivity contribution in [3.63, 3.8) is 0 Å². The Morgan fingerprint density at radius 1 is 1.30 bits per heavy atom. The molecule has 1 atom stereocenters. The van der Waals surface area contributed by atoms with Crippen molar-refractivity contribution in [1.82, 2.24) is 10.2 Å². The maximum atomic E-state index is 13.8. The van der Waals surface area contributed by atoms with Gasteiger partial charge < -0.3 is 5.32 Å². The van der Waals surface area contributed by atoms with Crippen molar-refractivity contribution >= 4 is 0 Å².